The van der Waals surface area contributed by atoms with E-state index in [0.717, 1.165) is 17.1 Å². The third-order valence-electron chi connectivity index (χ3n) is 4.77. The second-order valence-corrected chi connectivity index (χ2v) is 6.45. The number of benzene rings is 1. The molecule has 0 radical (unpaired) electrons. The molecular formula is C19H20N4O4. The van der Waals surface area contributed by atoms with Crippen LogP contribution in [-0.4, -0.2) is 64.6 Å². The number of hydrogen-bond donors (Lipinski definition) is 0. The number of aryl methyl sites for hydroxylation is 1. The molecule has 27 heavy (non-hydrogen) atoms. The first-order chi connectivity index (χ1) is 13.2. The standard InChI is InChI=1S/C19H20N4O4/c24-18(4-2-14-1-3-16-17(11-14)27-13-26-16)22-7-9-23(10-8-22)19(25)15-12-20-5-6-21-15/h1,3,5-6,11-12H,2,4,7-10,13H2. The summed E-state index contributed by atoms with van der Waals surface area (Å²) in [6, 6.07) is 5.75. The van der Waals surface area contributed by atoms with Crippen LogP contribution >= 0.6 is 0 Å². The van der Waals surface area contributed by atoms with Crippen LogP contribution < -0.4 is 9.47 Å². The molecule has 0 unspecified atom stereocenters. The van der Waals surface area contributed by atoms with Crippen molar-refractivity contribution < 1.29 is 19.1 Å². The molecule has 1 aromatic carbocycles. The van der Waals surface area contributed by atoms with Crippen molar-refractivity contribution in [2.24, 2.45) is 0 Å². The maximum Gasteiger partial charge on any atom is 0.274 e. The number of rotatable bonds is 4. The van der Waals surface area contributed by atoms with Gasteiger partial charge in [-0.05, 0) is 24.1 Å². The Hall–Kier alpha value is -3.16. The van der Waals surface area contributed by atoms with E-state index in [1.165, 1.54) is 18.6 Å². The highest BCUT2D eigenvalue weighted by atomic mass is 16.7. The summed E-state index contributed by atoms with van der Waals surface area (Å²) in [5, 5.41) is 0. The second kappa shape index (κ2) is 7.61. The number of ether oxygens (including phenoxy) is 2. The quantitative estimate of drug-likeness (QED) is 0.804. The average Bonchev–Trinajstić information content (AvgIpc) is 3.20. The van der Waals surface area contributed by atoms with Gasteiger partial charge >= 0.3 is 0 Å². The molecule has 0 atom stereocenters. The van der Waals surface area contributed by atoms with Crippen LogP contribution in [0.1, 0.15) is 22.5 Å². The molecule has 140 valence electrons. The zero-order valence-electron chi connectivity index (χ0n) is 14.8. The van der Waals surface area contributed by atoms with Crippen LogP contribution in [0.15, 0.2) is 36.8 Å². The van der Waals surface area contributed by atoms with Gasteiger partial charge < -0.3 is 19.3 Å². The fourth-order valence-corrected chi connectivity index (χ4v) is 3.24. The molecular weight excluding hydrogens is 348 g/mol. The van der Waals surface area contributed by atoms with Gasteiger partial charge in [-0.15, -0.1) is 0 Å². The summed E-state index contributed by atoms with van der Waals surface area (Å²) in [5.74, 6) is 1.43. The lowest BCUT2D eigenvalue weighted by atomic mass is 10.1. The minimum atomic E-state index is -0.143. The predicted molar refractivity (Wildman–Crippen MR) is 95.4 cm³/mol. The zero-order valence-corrected chi connectivity index (χ0v) is 14.8. The van der Waals surface area contributed by atoms with Gasteiger partial charge in [0.05, 0.1) is 6.20 Å². The van der Waals surface area contributed by atoms with Crippen molar-refractivity contribution in [2.75, 3.05) is 33.0 Å². The lowest BCUT2D eigenvalue weighted by molar-refractivity contribution is -0.132. The number of carbonyl (C=O) groups excluding carboxylic acids is 2. The molecule has 1 aromatic heterocycles. The van der Waals surface area contributed by atoms with Crippen molar-refractivity contribution in [3.63, 3.8) is 0 Å². The van der Waals surface area contributed by atoms with E-state index in [4.69, 9.17) is 9.47 Å². The summed E-state index contributed by atoms with van der Waals surface area (Å²) in [5.41, 5.74) is 1.38. The first kappa shape index (κ1) is 17.3. The number of hydrogen-bond acceptors (Lipinski definition) is 6. The summed E-state index contributed by atoms with van der Waals surface area (Å²) >= 11 is 0. The average molecular weight is 368 g/mol. The first-order valence-electron chi connectivity index (χ1n) is 8.92. The molecule has 2 amide bonds. The predicted octanol–water partition coefficient (Wildman–Crippen LogP) is 1.12. The summed E-state index contributed by atoms with van der Waals surface area (Å²) < 4.78 is 10.7. The highest BCUT2D eigenvalue weighted by Gasteiger charge is 2.25. The van der Waals surface area contributed by atoms with E-state index in [-0.39, 0.29) is 18.6 Å². The van der Waals surface area contributed by atoms with Gasteiger partial charge in [-0.1, -0.05) is 6.07 Å². The Morgan fingerprint density at radius 2 is 1.78 bits per heavy atom. The third-order valence-corrected chi connectivity index (χ3v) is 4.77. The molecule has 1 saturated heterocycles. The van der Waals surface area contributed by atoms with Crippen LogP contribution in [0.25, 0.3) is 0 Å². The Morgan fingerprint density at radius 1 is 1.00 bits per heavy atom. The highest BCUT2D eigenvalue weighted by Crippen LogP contribution is 2.32. The van der Waals surface area contributed by atoms with Crippen LogP contribution in [0.5, 0.6) is 11.5 Å². The van der Waals surface area contributed by atoms with Gasteiger partial charge in [0.2, 0.25) is 12.7 Å². The van der Waals surface area contributed by atoms with Gasteiger partial charge in [0.15, 0.2) is 11.5 Å². The van der Waals surface area contributed by atoms with Gasteiger partial charge in [-0.3, -0.25) is 14.6 Å². The minimum Gasteiger partial charge on any atom is -0.454 e. The smallest absolute Gasteiger partial charge is 0.274 e. The Morgan fingerprint density at radius 3 is 2.56 bits per heavy atom. The summed E-state index contributed by atoms with van der Waals surface area (Å²) in [7, 11) is 0. The topological polar surface area (TPSA) is 84.9 Å². The maximum atomic E-state index is 12.5. The van der Waals surface area contributed by atoms with Gasteiger partial charge in [-0.2, -0.15) is 0 Å². The fourth-order valence-electron chi connectivity index (χ4n) is 3.24. The van der Waals surface area contributed by atoms with Crippen LogP contribution in [-0.2, 0) is 11.2 Å². The normalized spacial score (nSPS) is 15.7. The molecule has 2 aliphatic heterocycles. The Kier molecular flexibility index (Phi) is 4.86. The fraction of sp³-hybridized carbons (Fsp3) is 0.368. The van der Waals surface area contributed by atoms with Crippen molar-refractivity contribution in [3.05, 3.63) is 48.0 Å². The largest absolute Gasteiger partial charge is 0.454 e. The van der Waals surface area contributed by atoms with E-state index < -0.39 is 0 Å². The lowest BCUT2D eigenvalue weighted by Gasteiger charge is -2.34. The monoisotopic (exact) mass is 368 g/mol. The van der Waals surface area contributed by atoms with Crippen LogP contribution in [0.4, 0.5) is 0 Å². The van der Waals surface area contributed by atoms with Gasteiger partial charge in [-0.25, -0.2) is 4.98 Å². The van der Waals surface area contributed by atoms with E-state index >= 15 is 0 Å². The van der Waals surface area contributed by atoms with E-state index in [1.807, 2.05) is 23.1 Å². The molecule has 0 N–H and O–H groups in total. The molecule has 2 aromatic rings. The Balaban J connectivity index is 1.27. The SMILES string of the molecule is O=C(CCc1ccc2c(c1)OCO2)N1CCN(C(=O)c2cnccn2)CC1. The van der Waals surface area contributed by atoms with Crippen LogP contribution in [0.3, 0.4) is 0 Å². The molecule has 4 rings (SSSR count). The molecule has 0 saturated carbocycles. The third kappa shape index (κ3) is 3.84. The number of fused-ring (bicyclic) bond motifs is 1. The lowest BCUT2D eigenvalue weighted by Crippen LogP contribution is -2.50. The van der Waals surface area contributed by atoms with Crippen molar-refractivity contribution in [3.8, 4) is 11.5 Å². The molecule has 0 bridgehead atoms. The number of nitrogens with zero attached hydrogens (tertiary/aromatic N) is 4. The minimum absolute atomic E-state index is 0.0965. The van der Waals surface area contributed by atoms with Crippen molar-refractivity contribution in [2.45, 2.75) is 12.8 Å². The van der Waals surface area contributed by atoms with Gasteiger partial charge in [0.1, 0.15) is 5.69 Å². The summed E-state index contributed by atoms with van der Waals surface area (Å²) in [6.45, 7) is 2.32. The van der Waals surface area contributed by atoms with E-state index in [1.54, 1.807) is 4.90 Å². The van der Waals surface area contributed by atoms with Gasteiger partial charge in [0, 0.05) is 45.0 Å². The zero-order chi connectivity index (χ0) is 18.6. The molecule has 0 spiro atoms. The summed E-state index contributed by atoms with van der Waals surface area (Å²) in [4.78, 5) is 36.4. The van der Waals surface area contributed by atoms with E-state index in [0.29, 0.717) is 44.7 Å². The Bertz CT molecular complexity index is 835. The molecule has 1 fully saturated rings. The van der Waals surface area contributed by atoms with Crippen molar-refractivity contribution >= 4 is 11.8 Å². The molecule has 3 heterocycles. The number of amides is 2. The first-order valence-corrected chi connectivity index (χ1v) is 8.92. The Labute approximate surface area is 156 Å². The molecule has 2 aliphatic rings. The van der Waals surface area contributed by atoms with Crippen LogP contribution in [0, 0.1) is 0 Å². The van der Waals surface area contributed by atoms with Crippen LogP contribution in [0.2, 0.25) is 0 Å². The molecule has 8 heteroatoms. The molecule has 0 aliphatic carbocycles. The number of piperazine rings is 1. The van der Waals surface area contributed by atoms with Crippen molar-refractivity contribution in [1.29, 1.82) is 0 Å². The summed E-state index contributed by atoms with van der Waals surface area (Å²) in [6.07, 6.45) is 5.58. The van der Waals surface area contributed by atoms with Gasteiger partial charge in [0.25, 0.3) is 5.91 Å². The number of carbonyl (C=O) groups is 2. The molecule has 8 nitrogen and oxygen atoms in total. The van der Waals surface area contributed by atoms with E-state index in [2.05, 4.69) is 9.97 Å². The number of aromatic nitrogens is 2. The maximum absolute atomic E-state index is 12.5. The van der Waals surface area contributed by atoms with E-state index in [9.17, 15) is 9.59 Å². The highest BCUT2D eigenvalue weighted by molar-refractivity contribution is 5.92. The van der Waals surface area contributed by atoms with Crippen molar-refractivity contribution in [1.82, 2.24) is 19.8 Å². The second-order valence-electron chi connectivity index (χ2n) is 6.45.